The number of hydrogen-bond acceptors (Lipinski definition) is 5. The van der Waals surface area contributed by atoms with E-state index in [2.05, 4.69) is 15.3 Å². The fraction of sp³-hybridized carbons (Fsp3) is 0.312. The van der Waals surface area contributed by atoms with Crippen LogP contribution in [0.5, 0.6) is 0 Å². The van der Waals surface area contributed by atoms with Crippen molar-refractivity contribution in [3.63, 3.8) is 0 Å². The predicted octanol–water partition coefficient (Wildman–Crippen LogP) is 3.19. The van der Waals surface area contributed by atoms with Gasteiger partial charge in [-0.05, 0) is 38.1 Å². The molecule has 0 aromatic carbocycles. The maximum atomic E-state index is 12.6. The summed E-state index contributed by atoms with van der Waals surface area (Å²) in [6, 6.07) is 7.27. The molecule has 0 fully saturated rings. The van der Waals surface area contributed by atoms with Gasteiger partial charge in [0, 0.05) is 25.5 Å². The lowest BCUT2D eigenvalue weighted by Gasteiger charge is -2.19. The Morgan fingerprint density at radius 1 is 1.36 bits per heavy atom. The first-order valence-corrected chi connectivity index (χ1v) is 7.47. The van der Waals surface area contributed by atoms with Gasteiger partial charge >= 0.3 is 0 Å². The molecule has 0 saturated heterocycles. The second kappa shape index (κ2) is 7.22. The molecule has 22 heavy (non-hydrogen) atoms. The van der Waals surface area contributed by atoms with Crippen molar-refractivity contribution >= 4 is 28.9 Å². The number of anilines is 2. The molecular weight excluding hydrogens is 300 g/mol. The number of likely N-dealkylation sites (N-methyl/N-ethyl adjacent to an activating group) is 1. The summed E-state index contributed by atoms with van der Waals surface area (Å²) in [5.74, 6) is 0.601. The largest absolute Gasteiger partial charge is 0.370 e. The van der Waals surface area contributed by atoms with Gasteiger partial charge in [0.15, 0.2) is 10.9 Å². The number of nitrogens with zero attached hydrogens (tertiary/aromatic N) is 3. The quantitative estimate of drug-likeness (QED) is 0.655. The van der Waals surface area contributed by atoms with Crippen molar-refractivity contribution in [2.75, 3.05) is 30.4 Å². The summed E-state index contributed by atoms with van der Waals surface area (Å²) in [4.78, 5) is 22.8. The van der Waals surface area contributed by atoms with Crippen molar-refractivity contribution in [1.29, 1.82) is 0 Å². The first-order valence-electron chi connectivity index (χ1n) is 7.09. The number of carbonyl (C=O) groups excluding carboxylic acids is 1. The summed E-state index contributed by atoms with van der Waals surface area (Å²) >= 11 is 6.06. The van der Waals surface area contributed by atoms with Gasteiger partial charge < -0.3 is 10.2 Å². The molecule has 0 aliphatic carbocycles. The summed E-state index contributed by atoms with van der Waals surface area (Å²) in [6.07, 6.45) is 1.62. The van der Waals surface area contributed by atoms with E-state index >= 15 is 0 Å². The van der Waals surface area contributed by atoms with Crippen molar-refractivity contribution in [3.05, 3.63) is 46.9 Å². The Labute approximate surface area is 135 Å². The Bertz CT molecular complexity index is 675. The highest BCUT2D eigenvalue weighted by Crippen LogP contribution is 2.22. The van der Waals surface area contributed by atoms with Gasteiger partial charge in [-0.2, -0.15) is 0 Å². The summed E-state index contributed by atoms with van der Waals surface area (Å²) < 4.78 is 0. The van der Waals surface area contributed by atoms with Crippen LogP contribution >= 0.6 is 11.6 Å². The molecule has 0 atom stereocenters. The monoisotopic (exact) mass is 318 g/mol. The van der Waals surface area contributed by atoms with E-state index in [1.54, 1.807) is 23.2 Å². The van der Waals surface area contributed by atoms with Crippen LogP contribution in [0.3, 0.4) is 0 Å². The number of rotatable bonds is 6. The van der Waals surface area contributed by atoms with Crippen LogP contribution in [-0.2, 0) is 0 Å². The molecular formula is C16H19ClN4O. The first-order chi connectivity index (χ1) is 10.5. The predicted molar refractivity (Wildman–Crippen MR) is 90.0 cm³/mol. The van der Waals surface area contributed by atoms with Crippen molar-refractivity contribution in [1.82, 2.24) is 9.97 Å². The van der Waals surface area contributed by atoms with E-state index in [0.717, 1.165) is 11.4 Å². The van der Waals surface area contributed by atoms with Crippen LogP contribution in [0, 0.1) is 6.92 Å². The average Bonchev–Trinajstić information content (AvgIpc) is 2.48. The molecule has 0 bridgehead atoms. The second-order valence-electron chi connectivity index (χ2n) is 4.97. The van der Waals surface area contributed by atoms with Crippen LogP contribution in [0.15, 0.2) is 30.5 Å². The third-order valence-corrected chi connectivity index (χ3v) is 3.50. The number of halogens is 1. The third kappa shape index (κ3) is 3.74. The lowest BCUT2D eigenvalue weighted by Crippen LogP contribution is -2.27. The summed E-state index contributed by atoms with van der Waals surface area (Å²) in [5, 5.41) is 3.51. The highest BCUT2D eigenvalue weighted by Gasteiger charge is 2.16. The zero-order valence-corrected chi connectivity index (χ0v) is 13.7. The fourth-order valence-electron chi connectivity index (χ4n) is 2.13. The van der Waals surface area contributed by atoms with Gasteiger partial charge in [-0.15, -0.1) is 0 Å². The maximum Gasteiger partial charge on any atom is 0.185 e. The van der Waals surface area contributed by atoms with Gasteiger partial charge in [0.1, 0.15) is 5.82 Å². The summed E-state index contributed by atoms with van der Waals surface area (Å²) in [5.41, 5.74) is 2.18. The molecule has 2 heterocycles. The Kier molecular flexibility index (Phi) is 5.33. The lowest BCUT2D eigenvalue weighted by molar-refractivity contribution is 0.100. The smallest absolute Gasteiger partial charge is 0.185 e. The average molecular weight is 319 g/mol. The minimum absolute atomic E-state index is 0.0223. The Morgan fingerprint density at radius 2 is 2.14 bits per heavy atom. The Hall–Kier alpha value is -2.14. The fourth-order valence-corrected chi connectivity index (χ4v) is 2.40. The number of aromatic nitrogens is 2. The van der Waals surface area contributed by atoms with Crippen molar-refractivity contribution in [3.8, 4) is 0 Å². The van der Waals surface area contributed by atoms with Crippen LogP contribution < -0.4 is 10.2 Å². The second-order valence-corrected chi connectivity index (χ2v) is 5.33. The third-order valence-electron chi connectivity index (χ3n) is 3.21. The molecule has 2 aromatic rings. The van der Waals surface area contributed by atoms with E-state index in [1.165, 1.54) is 0 Å². The Balaban J connectivity index is 2.20. The zero-order valence-electron chi connectivity index (χ0n) is 12.9. The van der Waals surface area contributed by atoms with Crippen LogP contribution in [0.1, 0.15) is 23.0 Å². The highest BCUT2D eigenvalue weighted by molar-refractivity contribution is 6.32. The molecule has 5 nitrogen and oxygen atoms in total. The molecule has 0 spiro atoms. The number of pyridine rings is 2. The van der Waals surface area contributed by atoms with Crippen LogP contribution in [0.2, 0.25) is 5.15 Å². The Morgan fingerprint density at radius 3 is 2.82 bits per heavy atom. The van der Waals surface area contributed by atoms with E-state index in [4.69, 9.17) is 11.6 Å². The van der Waals surface area contributed by atoms with Crippen LogP contribution in [0.25, 0.3) is 0 Å². The molecule has 2 aromatic heterocycles. The normalized spacial score (nSPS) is 10.4. The van der Waals surface area contributed by atoms with Gasteiger partial charge in [-0.1, -0.05) is 11.6 Å². The number of carbonyl (C=O) groups is 1. The van der Waals surface area contributed by atoms with E-state index in [0.29, 0.717) is 23.1 Å². The molecule has 0 aliphatic heterocycles. The van der Waals surface area contributed by atoms with Crippen molar-refractivity contribution in [2.45, 2.75) is 13.8 Å². The molecule has 0 saturated carbocycles. The van der Waals surface area contributed by atoms with Gasteiger partial charge in [-0.25, -0.2) is 9.97 Å². The molecule has 6 heteroatoms. The molecule has 0 unspecified atom stereocenters. The molecule has 0 amide bonds. The molecule has 1 N–H and O–H groups in total. The number of ketones is 1. The first kappa shape index (κ1) is 16.2. The van der Waals surface area contributed by atoms with Crippen LogP contribution in [-0.4, -0.2) is 35.9 Å². The molecule has 0 aliphatic rings. The minimum atomic E-state index is -0.0223. The van der Waals surface area contributed by atoms with Crippen molar-refractivity contribution in [2.24, 2.45) is 0 Å². The van der Waals surface area contributed by atoms with E-state index < -0.39 is 0 Å². The van der Waals surface area contributed by atoms with Gasteiger partial charge in [-0.3, -0.25) is 4.79 Å². The summed E-state index contributed by atoms with van der Waals surface area (Å²) in [6.45, 7) is 4.78. The zero-order chi connectivity index (χ0) is 16.1. The molecule has 116 valence electrons. The maximum absolute atomic E-state index is 12.6. The van der Waals surface area contributed by atoms with Gasteiger partial charge in [0.05, 0.1) is 17.8 Å². The molecule has 0 radical (unpaired) electrons. The van der Waals surface area contributed by atoms with E-state index in [-0.39, 0.29) is 12.3 Å². The minimum Gasteiger partial charge on any atom is -0.370 e. The topological polar surface area (TPSA) is 58.1 Å². The van der Waals surface area contributed by atoms with E-state index in [1.807, 2.05) is 33.0 Å². The number of hydrogen-bond donors (Lipinski definition) is 1. The van der Waals surface area contributed by atoms with Gasteiger partial charge in [0.25, 0.3) is 0 Å². The SMILES string of the molecule is CCNc1nc(C)ccc1C(=O)CN(C)c1cccnc1Cl. The van der Waals surface area contributed by atoms with E-state index in [9.17, 15) is 4.79 Å². The number of Topliss-reactive ketones (excluding diaryl/α,β-unsaturated/α-hetero) is 1. The van der Waals surface area contributed by atoms with Crippen molar-refractivity contribution < 1.29 is 4.79 Å². The van der Waals surface area contributed by atoms with Gasteiger partial charge in [0.2, 0.25) is 0 Å². The number of aryl methyl sites for hydroxylation is 1. The summed E-state index contributed by atoms with van der Waals surface area (Å²) in [7, 11) is 1.81. The van der Waals surface area contributed by atoms with Crippen LogP contribution in [0.4, 0.5) is 11.5 Å². The lowest BCUT2D eigenvalue weighted by atomic mass is 10.1. The molecule has 2 rings (SSSR count). The highest BCUT2D eigenvalue weighted by atomic mass is 35.5. The standard InChI is InChI=1S/C16H19ClN4O/c1-4-18-16-12(8-7-11(2)20-16)14(22)10-21(3)13-6-5-9-19-15(13)17/h5-9H,4,10H2,1-3H3,(H,18,20). The number of nitrogens with one attached hydrogen (secondary N) is 1.